The zero-order valence-corrected chi connectivity index (χ0v) is 40.6. The van der Waals surface area contributed by atoms with Crippen molar-refractivity contribution in [2.24, 2.45) is 5.73 Å². The molecule has 3 N–H and O–H groups in total. The highest BCUT2D eigenvalue weighted by atomic mass is 19.4. The number of aryl methyl sites for hydroxylation is 1. The summed E-state index contributed by atoms with van der Waals surface area (Å²) < 4.78 is 74.9. The smallest absolute Gasteiger partial charge is 0.416 e. The molecule has 71 heavy (non-hydrogen) atoms. The minimum atomic E-state index is -4.58. The van der Waals surface area contributed by atoms with E-state index in [1.54, 1.807) is 51.2 Å². The third kappa shape index (κ3) is 14.6. The molecule has 3 aliphatic heterocycles. The molecule has 3 amide bonds. The van der Waals surface area contributed by atoms with E-state index in [1.165, 1.54) is 23.2 Å². The molecule has 0 bridgehead atoms. The molecule has 1 atom stereocenters. The van der Waals surface area contributed by atoms with Crippen molar-refractivity contribution in [2.75, 3.05) is 89.2 Å². The molecule has 2 fully saturated rings. The number of carbonyl (C=O) groups excluding carboxylic acids is 4. The van der Waals surface area contributed by atoms with E-state index in [0.29, 0.717) is 92.4 Å². The number of rotatable bonds is 21. The number of primary amides is 1. The van der Waals surface area contributed by atoms with Crippen LogP contribution in [0.1, 0.15) is 84.0 Å². The van der Waals surface area contributed by atoms with Crippen LogP contribution in [0.25, 0.3) is 11.1 Å². The number of esters is 1. The first-order chi connectivity index (χ1) is 33.9. The van der Waals surface area contributed by atoms with Gasteiger partial charge >= 0.3 is 12.1 Å². The van der Waals surface area contributed by atoms with Crippen molar-refractivity contribution < 1.29 is 60.8 Å². The third-order valence-electron chi connectivity index (χ3n) is 12.2. The summed E-state index contributed by atoms with van der Waals surface area (Å²) in [6.45, 7) is 14.0. The topological polar surface area (TPSA) is 197 Å². The number of carbonyl (C=O) groups is 4. The van der Waals surface area contributed by atoms with Gasteiger partial charge in [0.15, 0.2) is 0 Å². The number of nitrogens with one attached hydrogen (secondary N) is 1. The maximum Gasteiger partial charge on any atom is 0.416 e. The van der Waals surface area contributed by atoms with Crippen molar-refractivity contribution in [3.8, 4) is 22.8 Å². The predicted octanol–water partition coefficient (Wildman–Crippen LogP) is 6.45. The molecule has 0 radical (unpaired) electrons. The quantitative estimate of drug-likeness (QED) is 0.0683. The molecule has 17 nitrogen and oxygen atoms in total. The Kier molecular flexibility index (Phi) is 17.5. The molecule has 0 spiro atoms. The molecule has 3 aliphatic rings. The fourth-order valence-electron chi connectivity index (χ4n) is 8.55. The molecular weight excluding hydrogens is 928 g/mol. The average molecular weight is 990 g/mol. The van der Waals surface area contributed by atoms with Gasteiger partial charge in [0.25, 0.3) is 11.8 Å². The van der Waals surface area contributed by atoms with Gasteiger partial charge in [0.05, 0.1) is 57.1 Å². The lowest BCUT2D eigenvalue weighted by Crippen LogP contribution is -2.45. The summed E-state index contributed by atoms with van der Waals surface area (Å²) in [5.41, 5.74) is 8.37. The first-order valence-electron chi connectivity index (χ1n) is 23.8. The second kappa shape index (κ2) is 23.7. The molecule has 4 aromatic rings. The highest BCUT2D eigenvalue weighted by Gasteiger charge is 2.36. The van der Waals surface area contributed by atoms with Crippen LogP contribution in [0, 0.1) is 6.92 Å². The van der Waals surface area contributed by atoms with Gasteiger partial charge in [-0.15, -0.1) is 0 Å². The van der Waals surface area contributed by atoms with Gasteiger partial charge < -0.3 is 54.2 Å². The summed E-state index contributed by atoms with van der Waals surface area (Å²) in [6.07, 6.45) is 0.157. The fraction of sp³-hybridized carbons (Fsp3) is 0.490. The van der Waals surface area contributed by atoms with Crippen LogP contribution < -0.4 is 25.4 Å². The summed E-state index contributed by atoms with van der Waals surface area (Å²) >= 11 is 0. The number of halogens is 3. The largest absolute Gasteiger partial charge is 0.491 e. The number of nitrogens with zero attached hydrogens (tertiary/aromatic N) is 5. The number of hydrogen-bond donors (Lipinski definition) is 2. The molecule has 2 saturated heterocycles. The van der Waals surface area contributed by atoms with E-state index < -0.39 is 41.2 Å². The summed E-state index contributed by atoms with van der Waals surface area (Å²) in [5, 5.41) is 2.69. The van der Waals surface area contributed by atoms with E-state index in [2.05, 4.69) is 20.1 Å². The van der Waals surface area contributed by atoms with Crippen molar-refractivity contribution in [2.45, 2.75) is 83.8 Å². The van der Waals surface area contributed by atoms with Crippen LogP contribution in [0.5, 0.6) is 11.6 Å². The molecule has 382 valence electrons. The van der Waals surface area contributed by atoms with E-state index in [1.807, 2.05) is 13.0 Å². The van der Waals surface area contributed by atoms with E-state index >= 15 is 0 Å². The lowest BCUT2D eigenvalue weighted by Gasteiger charge is -2.34. The van der Waals surface area contributed by atoms with E-state index in [0.717, 1.165) is 55.9 Å². The average Bonchev–Trinajstić information content (AvgIpc) is 3.65. The highest BCUT2D eigenvalue weighted by molar-refractivity contribution is 6.04. The van der Waals surface area contributed by atoms with Gasteiger partial charge in [-0.2, -0.15) is 13.2 Å². The highest BCUT2D eigenvalue weighted by Crippen LogP contribution is 2.36. The number of ether oxygens (including phenoxy) is 6. The Morgan fingerprint density at radius 3 is 2.34 bits per heavy atom. The first-order valence-corrected chi connectivity index (χ1v) is 23.8. The Balaban J connectivity index is 0.816. The maximum atomic E-state index is 13.3. The van der Waals surface area contributed by atoms with E-state index in [4.69, 9.17) is 39.1 Å². The fourth-order valence-corrected chi connectivity index (χ4v) is 8.55. The summed E-state index contributed by atoms with van der Waals surface area (Å²) in [7, 11) is 0. The Labute approximate surface area is 411 Å². The van der Waals surface area contributed by atoms with E-state index in [-0.39, 0.29) is 43.6 Å². The number of likely N-dealkylation sites (tertiary alicyclic amines) is 1. The predicted molar refractivity (Wildman–Crippen MR) is 256 cm³/mol. The number of benzene rings is 2. The zero-order chi connectivity index (χ0) is 50.7. The number of fused-ring (bicyclic) bond motifs is 1. The molecule has 1 unspecified atom stereocenters. The molecular formula is C51H62F3N7O10. The number of nitrogens with two attached hydrogens (primary N) is 1. The van der Waals surface area contributed by atoms with Gasteiger partial charge in [-0.05, 0) is 101 Å². The van der Waals surface area contributed by atoms with Gasteiger partial charge in [0, 0.05) is 79.8 Å². The van der Waals surface area contributed by atoms with Crippen LogP contribution in [-0.2, 0) is 41.3 Å². The van der Waals surface area contributed by atoms with Gasteiger partial charge in [-0.3, -0.25) is 24.2 Å². The molecule has 0 saturated carbocycles. The molecule has 5 heterocycles. The number of pyridine rings is 2. The van der Waals surface area contributed by atoms with Crippen molar-refractivity contribution in [1.82, 2.24) is 19.8 Å². The monoisotopic (exact) mass is 989 g/mol. The van der Waals surface area contributed by atoms with Gasteiger partial charge in [-0.25, -0.2) is 4.98 Å². The second-order valence-corrected chi connectivity index (χ2v) is 18.6. The molecule has 20 heteroatoms. The summed E-state index contributed by atoms with van der Waals surface area (Å²) in [4.78, 5) is 65.9. The Hall–Kier alpha value is -6.35. The first kappa shape index (κ1) is 52.5. The van der Waals surface area contributed by atoms with Gasteiger partial charge in [0.1, 0.15) is 35.8 Å². The Morgan fingerprint density at radius 1 is 0.887 bits per heavy atom. The number of alkyl halides is 3. The van der Waals surface area contributed by atoms with Crippen LogP contribution in [0.2, 0.25) is 0 Å². The molecule has 2 aromatic heterocycles. The maximum absolute atomic E-state index is 13.3. The third-order valence-corrected chi connectivity index (χ3v) is 12.2. The number of hydrogen-bond acceptors (Lipinski definition) is 14. The van der Waals surface area contributed by atoms with Crippen LogP contribution in [0.15, 0.2) is 67.0 Å². The molecule has 2 aromatic carbocycles. The minimum absolute atomic E-state index is 0.0510. The Morgan fingerprint density at radius 2 is 1.62 bits per heavy atom. The van der Waals surface area contributed by atoms with Crippen molar-refractivity contribution >= 4 is 35.1 Å². The molecule has 0 aliphatic carbocycles. The molecule has 7 rings (SSSR count). The van der Waals surface area contributed by atoms with Crippen molar-refractivity contribution in [3.63, 3.8) is 0 Å². The number of piperidine rings is 1. The summed E-state index contributed by atoms with van der Waals surface area (Å²) in [6, 6.07) is 12.2. The van der Waals surface area contributed by atoms with Crippen molar-refractivity contribution in [3.05, 3.63) is 94.9 Å². The van der Waals surface area contributed by atoms with Crippen LogP contribution in [-0.4, -0.2) is 140 Å². The number of anilines is 2. The van der Waals surface area contributed by atoms with Crippen molar-refractivity contribution in [1.29, 1.82) is 0 Å². The Bertz CT molecular complexity index is 2510. The van der Waals surface area contributed by atoms with Gasteiger partial charge in [-0.1, -0.05) is 6.07 Å². The lowest BCUT2D eigenvalue weighted by molar-refractivity contribution is -0.155. The standard InChI is InChI=1S/C51H62F3N7O10/c1-33-42(29-38(31-56-33)58-47(64)34-6-5-7-37(26-34)51(52,53)54)35-28-44(60-17-20-66-21-18-60)48(57-30-35)70-39-12-14-59(15-13-39)16-19-67-22-23-68-24-25-69-40-8-9-41-36(27-40)32-61(49(41)65)43(46(55)63)10-11-45(62)71-50(2,3)4/h5-9,26-31,39,43H,10-25,32H2,1-4H3,(H2,55,63)(H,58,64). The normalized spacial score (nSPS) is 16.1. The van der Waals surface area contributed by atoms with Crippen LogP contribution in [0.3, 0.4) is 0 Å². The van der Waals surface area contributed by atoms with Crippen LogP contribution >= 0.6 is 0 Å². The SMILES string of the molecule is Cc1ncc(NC(=O)c2cccc(C(F)(F)F)c2)cc1-c1cnc(OC2CCN(CCOCCOCCOc3ccc4c(c3)CN(C(CCC(=O)OC(C)(C)C)C(N)=O)C4=O)CC2)c(N2CCOCC2)c1. The number of morpholine rings is 1. The van der Waals surface area contributed by atoms with E-state index in [9.17, 15) is 32.3 Å². The van der Waals surface area contributed by atoms with Crippen LogP contribution in [0.4, 0.5) is 24.5 Å². The number of aromatic nitrogens is 2. The number of amides is 3. The second-order valence-electron chi connectivity index (χ2n) is 18.6. The van der Waals surface area contributed by atoms with Gasteiger partial charge in [0.2, 0.25) is 11.8 Å². The zero-order valence-electron chi connectivity index (χ0n) is 40.6. The summed E-state index contributed by atoms with van der Waals surface area (Å²) in [5.74, 6) is -1.10. The lowest BCUT2D eigenvalue weighted by atomic mass is 10.0. The minimum Gasteiger partial charge on any atom is -0.491 e.